The van der Waals surface area contributed by atoms with Gasteiger partial charge in [-0.15, -0.1) is 0 Å². The summed E-state index contributed by atoms with van der Waals surface area (Å²) in [6, 6.07) is 5.35. The summed E-state index contributed by atoms with van der Waals surface area (Å²) in [4.78, 5) is 13.8. The fraction of sp³-hybridized carbons (Fsp3) is 0.500. The Balaban J connectivity index is 2.54. The van der Waals surface area contributed by atoms with Crippen molar-refractivity contribution in [3.05, 3.63) is 29.3 Å². The number of nitrogens with two attached hydrogens (primary N) is 1. The van der Waals surface area contributed by atoms with Crippen molar-refractivity contribution in [2.75, 3.05) is 25.9 Å². The molecule has 0 radical (unpaired) electrons. The van der Waals surface area contributed by atoms with Crippen LogP contribution in [0.3, 0.4) is 0 Å². The van der Waals surface area contributed by atoms with E-state index < -0.39 is 0 Å². The van der Waals surface area contributed by atoms with Crippen LogP contribution in [-0.4, -0.2) is 36.1 Å². The summed E-state index contributed by atoms with van der Waals surface area (Å²) in [5.74, 6) is 0.0158. The van der Waals surface area contributed by atoms with Crippen molar-refractivity contribution in [3.8, 4) is 0 Å². The lowest BCUT2D eigenvalue weighted by molar-refractivity contribution is 0.0792. The van der Waals surface area contributed by atoms with Gasteiger partial charge in [0.05, 0.1) is 0 Å². The molecule has 0 atom stereocenters. The molecule has 0 saturated carbocycles. The van der Waals surface area contributed by atoms with Gasteiger partial charge >= 0.3 is 0 Å². The molecule has 0 saturated heterocycles. The Kier molecular flexibility index (Phi) is 5.65. The third-order valence-electron chi connectivity index (χ3n) is 3.02. The number of rotatable bonds is 6. The minimum atomic E-state index is 0.0158. The molecule has 1 rings (SSSR count). The smallest absolute Gasteiger partial charge is 0.253 e. The number of nitrogens with zero attached hydrogens (tertiary/aromatic N) is 1. The second kappa shape index (κ2) is 7.01. The van der Waals surface area contributed by atoms with Gasteiger partial charge in [0, 0.05) is 31.5 Å². The lowest BCUT2D eigenvalue weighted by Crippen LogP contribution is -2.27. The third kappa shape index (κ3) is 4.04. The predicted molar refractivity (Wildman–Crippen MR) is 73.5 cm³/mol. The van der Waals surface area contributed by atoms with E-state index in [9.17, 15) is 4.79 Å². The first kappa shape index (κ1) is 14.5. The molecule has 0 aromatic heterocycles. The van der Waals surface area contributed by atoms with Crippen LogP contribution in [0.2, 0.25) is 0 Å². The number of carbonyl (C=O) groups excluding carboxylic acids is 1. The van der Waals surface area contributed by atoms with Crippen molar-refractivity contribution in [3.63, 3.8) is 0 Å². The van der Waals surface area contributed by atoms with Crippen molar-refractivity contribution >= 4 is 11.6 Å². The molecule has 0 aliphatic carbocycles. The molecule has 0 spiro atoms. The van der Waals surface area contributed by atoms with Crippen molar-refractivity contribution in [2.45, 2.75) is 26.2 Å². The molecule has 0 unspecified atom stereocenters. The second-order valence-corrected chi connectivity index (χ2v) is 4.58. The van der Waals surface area contributed by atoms with Crippen LogP contribution in [0.5, 0.6) is 0 Å². The normalized spacial score (nSPS) is 10.4. The summed E-state index contributed by atoms with van der Waals surface area (Å²) in [7, 11) is 1.80. The molecule has 3 N–H and O–H groups in total. The van der Waals surface area contributed by atoms with Crippen molar-refractivity contribution in [2.24, 2.45) is 0 Å². The highest BCUT2D eigenvalue weighted by Gasteiger charge is 2.11. The Hall–Kier alpha value is -1.55. The van der Waals surface area contributed by atoms with E-state index in [1.54, 1.807) is 24.1 Å². The van der Waals surface area contributed by atoms with Crippen LogP contribution >= 0.6 is 0 Å². The van der Waals surface area contributed by atoms with Gasteiger partial charge in [0.1, 0.15) is 0 Å². The van der Waals surface area contributed by atoms with Crippen molar-refractivity contribution in [1.82, 2.24) is 4.90 Å². The number of aliphatic hydroxyl groups is 1. The van der Waals surface area contributed by atoms with E-state index >= 15 is 0 Å². The Morgan fingerprint density at radius 3 is 2.67 bits per heavy atom. The lowest BCUT2D eigenvalue weighted by atomic mass is 10.1. The number of anilines is 1. The number of carbonyl (C=O) groups is 1. The minimum absolute atomic E-state index is 0.0158. The zero-order chi connectivity index (χ0) is 13.5. The van der Waals surface area contributed by atoms with Crippen LogP contribution in [0.15, 0.2) is 18.2 Å². The summed E-state index contributed by atoms with van der Waals surface area (Å²) in [5, 5.41) is 8.68. The summed E-state index contributed by atoms with van der Waals surface area (Å²) in [5.41, 5.74) is 8.03. The molecule has 0 heterocycles. The van der Waals surface area contributed by atoms with E-state index in [0.717, 1.165) is 24.8 Å². The Labute approximate surface area is 108 Å². The van der Waals surface area contributed by atoms with Gasteiger partial charge in [-0.1, -0.05) is 0 Å². The maximum absolute atomic E-state index is 12.1. The van der Waals surface area contributed by atoms with Crippen molar-refractivity contribution in [1.29, 1.82) is 0 Å². The summed E-state index contributed by atoms with van der Waals surface area (Å²) in [6.07, 6.45) is 2.65. The lowest BCUT2D eigenvalue weighted by Gasteiger charge is -2.17. The van der Waals surface area contributed by atoms with E-state index in [1.807, 2.05) is 13.0 Å². The Morgan fingerprint density at radius 2 is 2.06 bits per heavy atom. The van der Waals surface area contributed by atoms with Crippen LogP contribution in [0.4, 0.5) is 5.69 Å². The Bertz CT molecular complexity index is 405. The van der Waals surface area contributed by atoms with Crippen LogP contribution in [0.25, 0.3) is 0 Å². The monoisotopic (exact) mass is 250 g/mol. The summed E-state index contributed by atoms with van der Waals surface area (Å²) in [6.45, 7) is 2.82. The maximum atomic E-state index is 12.1. The first-order valence-corrected chi connectivity index (χ1v) is 6.28. The van der Waals surface area contributed by atoms with E-state index in [4.69, 9.17) is 10.8 Å². The number of hydrogen-bond donors (Lipinski definition) is 2. The van der Waals surface area contributed by atoms with Gasteiger partial charge in [-0.05, 0) is 49.9 Å². The molecule has 0 fully saturated rings. The molecular weight excluding hydrogens is 228 g/mol. The highest BCUT2D eigenvalue weighted by Crippen LogP contribution is 2.14. The highest BCUT2D eigenvalue weighted by atomic mass is 16.2. The van der Waals surface area contributed by atoms with E-state index in [1.165, 1.54) is 0 Å². The number of aliphatic hydroxyl groups excluding tert-OH is 1. The molecule has 4 nitrogen and oxygen atoms in total. The summed E-state index contributed by atoms with van der Waals surface area (Å²) < 4.78 is 0. The molecule has 4 heteroatoms. The third-order valence-corrected chi connectivity index (χ3v) is 3.02. The average Bonchev–Trinajstić information content (AvgIpc) is 2.37. The molecule has 18 heavy (non-hydrogen) atoms. The fourth-order valence-electron chi connectivity index (χ4n) is 1.77. The second-order valence-electron chi connectivity index (χ2n) is 4.58. The van der Waals surface area contributed by atoms with Gasteiger partial charge in [-0.25, -0.2) is 0 Å². The zero-order valence-electron chi connectivity index (χ0n) is 11.1. The predicted octanol–water partition coefficient (Wildman–Crippen LogP) is 1.81. The zero-order valence-corrected chi connectivity index (χ0v) is 11.1. The fourth-order valence-corrected chi connectivity index (χ4v) is 1.77. The van der Waals surface area contributed by atoms with E-state index in [2.05, 4.69) is 0 Å². The van der Waals surface area contributed by atoms with Crippen LogP contribution in [-0.2, 0) is 0 Å². The van der Waals surface area contributed by atoms with Crippen LogP contribution in [0.1, 0.15) is 35.2 Å². The van der Waals surface area contributed by atoms with E-state index in [-0.39, 0.29) is 12.5 Å². The Morgan fingerprint density at radius 1 is 1.33 bits per heavy atom. The molecule has 100 valence electrons. The SMILES string of the molecule is Cc1cc(C(=O)N(C)CCCCCO)ccc1N. The molecule has 1 amide bonds. The van der Waals surface area contributed by atoms with Gasteiger partial charge in [0.25, 0.3) is 5.91 Å². The standard InChI is InChI=1S/C14H22N2O2/c1-11-10-12(6-7-13(11)15)14(18)16(2)8-4-3-5-9-17/h6-7,10,17H,3-5,8-9,15H2,1-2H3. The number of unbranched alkanes of at least 4 members (excludes halogenated alkanes) is 2. The van der Waals surface area contributed by atoms with Crippen LogP contribution < -0.4 is 5.73 Å². The highest BCUT2D eigenvalue weighted by molar-refractivity contribution is 5.94. The van der Waals surface area contributed by atoms with Gasteiger partial charge < -0.3 is 15.7 Å². The molecule has 1 aromatic carbocycles. The van der Waals surface area contributed by atoms with Crippen LogP contribution in [0, 0.1) is 6.92 Å². The maximum Gasteiger partial charge on any atom is 0.253 e. The van der Waals surface area contributed by atoms with Gasteiger partial charge in [0.15, 0.2) is 0 Å². The number of nitrogen functional groups attached to an aromatic ring is 1. The number of benzene rings is 1. The van der Waals surface area contributed by atoms with Crippen molar-refractivity contribution < 1.29 is 9.90 Å². The van der Waals surface area contributed by atoms with E-state index in [0.29, 0.717) is 17.8 Å². The largest absolute Gasteiger partial charge is 0.399 e. The molecule has 0 bridgehead atoms. The van der Waals surface area contributed by atoms with Gasteiger partial charge in [0.2, 0.25) is 0 Å². The minimum Gasteiger partial charge on any atom is -0.399 e. The molecule has 1 aromatic rings. The van der Waals surface area contributed by atoms with Gasteiger partial charge in [-0.3, -0.25) is 4.79 Å². The first-order chi connectivity index (χ1) is 8.56. The van der Waals surface area contributed by atoms with Gasteiger partial charge in [-0.2, -0.15) is 0 Å². The summed E-state index contributed by atoms with van der Waals surface area (Å²) >= 11 is 0. The number of amides is 1. The quantitative estimate of drug-likeness (QED) is 0.597. The average molecular weight is 250 g/mol. The number of aryl methyl sites for hydroxylation is 1. The number of hydrogen-bond acceptors (Lipinski definition) is 3. The topological polar surface area (TPSA) is 66.6 Å². The first-order valence-electron chi connectivity index (χ1n) is 6.28. The molecule has 0 aliphatic heterocycles. The molecular formula is C14H22N2O2. The molecule has 0 aliphatic rings.